The molecule has 1 aromatic carbocycles. The minimum atomic E-state index is -4.02. The zero-order valence-corrected chi connectivity index (χ0v) is 14.8. The van der Waals surface area contributed by atoms with Gasteiger partial charge < -0.3 is 5.11 Å². The molecular formula is C17H30O4S. The highest BCUT2D eigenvalue weighted by Gasteiger charge is 2.06. The second-order valence-corrected chi connectivity index (χ2v) is 7.00. The zero-order chi connectivity index (χ0) is 17.0. The first-order valence-electron chi connectivity index (χ1n) is 8.03. The summed E-state index contributed by atoms with van der Waals surface area (Å²) in [5.74, 6) is 0. The van der Waals surface area contributed by atoms with E-state index < -0.39 is 10.1 Å². The second kappa shape index (κ2) is 11.6. The Kier molecular flexibility index (Phi) is 11.1. The lowest BCUT2D eigenvalue weighted by Gasteiger charge is -2.07. The Balaban J connectivity index is 0.000000401. The van der Waals surface area contributed by atoms with Gasteiger partial charge in [0.1, 0.15) is 0 Å². The molecule has 0 spiro atoms. The molecule has 2 N–H and O–H groups in total. The number of hydrogen-bond donors (Lipinski definition) is 2. The van der Waals surface area contributed by atoms with E-state index in [9.17, 15) is 13.5 Å². The van der Waals surface area contributed by atoms with Gasteiger partial charge in [-0.3, -0.25) is 4.55 Å². The van der Waals surface area contributed by atoms with E-state index in [0.717, 1.165) is 24.8 Å². The summed E-state index contributed by atoms with van der Waals surface area (Å²) in [5, 5.41) is 9.35. The molecule has 0 aliphatic carbocycles. The molecular weight excluding hydrogens is 300 g/mol. The maximum Gasteiger partial charge on any atom is 0.294 e. The van der Waals surface area contributed by atoms with Crippen molar-refractivity contribution >= 4 is 10.1 Å². The third-order valence-electron chi connectivity index (χ3n) is 3.33. The topological polar surface area (TPSA) is 74.6 Å². The van der Waals surface area contributed by atoms with E-state index in [0.29, 0.717) is 0 Å². The Morgan fingerprint density at radius 1 is 0.955 bits per heavy atom. The summed E-state index contributed by atoms with van der Waals surface area (Å²) in [6.07, 6.45) is 8.15. The van der Waals surface area contributed by atoms with Crippen LogP contribution in [-0.4, -0.2) is 24.2 Å². The molecule has 0 saturated heterocycles. The van der Waals surface area contributed by atoms with Crippen LogP contribution in [0.2, 0.25) is 0 Å². The van der Waals surface area contributed by atoms with Gasteiger partial charge in [-0.2, -0.15) is 8.42 Å². The minimum absolute atomic E-state index is 0.0307. The summed E-state index contributed by atoms with van der Waals surface area (Å²) >= 11 is 0. The van der Waals surface area contributed by atoms with Crippen molar-refractivity contribution in [3.05, 3.63) is 29.8 Å². The monoisotopic (exact) mass is 330 g/mol. The summed E-state index contributed by atoms with van der Waals surface area (Å²) in [5.41, 5.74) is 0.956. The van der Waals surface area contributed by atoms with Crippen molar-refractivity contribution in [2.24, 2.45) is 0 Å². The van der Waals surface area contributed by atoms with Gasteiger partial charge in [0.2, 0.25) is 0 Å². The summed E-state index contributed by atoms with van der Waals surface area (Å²) in [7, 11) is -4.02. The van der Waals surface area contributed by atoms with Crippen LogP contribution in [0.3, 0.4) is 0 Å². The van der Waals surface area contributed by atoms with Gasteiger partial charge in [-0.15, -0.1) is 0 Å². The normalized spacial score (nSPS) is 12.4. The molecule has 0 fully saturated rings. The fraction of sp³-hybridized carbons (Fsp3) is 0.647. The van der Waals surface area contributed by atoms with E-state index in [1.807, 2.05) is 6.92 Å². The van der Waals surface area contributed by atoms with Gasteiger partial charge in [0.05, 0.1) is 11.0 Å². The van der Waals surface area contributed by atoms with Crippen LogP contribution >= 0.6 is 0 Å². The summed E-state index contributed by atoms with van der Waals surface area (Å²) in [4.78, 5) is -0.0666. The van der Waals surface area contributed by atoms with Gasteiger partial charge in [0, 0.05) is 0 Å². The van der Waals surface area contributed by atoms with Crippen LogP contribution < -0.4 is 0 Å². The quantitative estimate of drug-likeness (QED) is 0.548. The number of aliphatic hydroxyl groups excluding tert-OH is 1. The van der Waals surface area contributed by atoms with Crippen molar-refractivity contribution in [2.45, 2.75) is 76.7 Å². The molecule has 0 aliphatic heterocycles. The lowest BCUT2D eigenvalue weighted by atomic mass is 10.1. The molecule has 0 bridgehead atoms. The van der Waals surface area contributed by atoms with Crippen molar-refractivity contribution in [1.82, 2.24) is 0 Å². The second-order valence-electron chi connectivity index (χ2n) is 5.58. The van der Waals surface area contributed by atoms with Crippen molar-refractivity contribution in [3.63, 3.8) is 0 Å². The fourth-order valence-electron chi connectivity index (χ4n) is 1.99. The Hall–Kier alpha value is -0.910. The SMILES string of the molecule is CCCCCCC(O)CCC.Cc1ccc(S(=O)(=O)O)cc1. The summed E-state index contributed by atoms with van der Waals surface area (Å²) in [6, 6.07) is 5.99. The van der Waals surface area contributed by atoms with Gasteiger partial charge in [-0.05, 0) is 31.9 Å². The van der Waals surface area contributed by atoms with Crippen LogP contribution in [0.25, 0.3) is 0 Å². The minimum Gasteiger partial charge on any atom is -0.393 e. The van der Waals surface area contributed by atoms with Gasteiger partial charge >= 0.3 is 0 Å². The highest BCUT2D eigenvalue weighted by atomic mass is 32.2. The van der Waals surface area contributed by atoms with Gasteiger partial charge in [-0.1, -0.05) is 63.6 Å². The number of aryl methyl sites for hydroxylation is 1. The highest BCUT2D eigenvalue weighted by molar-refractivity contribution is 7.85. The molecule has 1 unspecified atom stereocenters. The van der Waals surface area contributed by atoms with Crippen molar-refractivity contribution in [3.8, 4) is 0 Å². The van der Waals surface area contributed by atoms with Crippen LogP contribution in [0.15, 0.2) is 29.2 Å². The standard InChI is InChI=1S/C10H22O.C7H8O3S/c1-3-5-6-7-9-10(11)8-4-2;1-6-2-4-7(5-3-6)11(8,9)10/h10-11H,3-9H2,1-2H3;2-5H,1H3,(H,8,9,10). The molecule has 128 valence electrons. The van der Waals surface area contributed by atoms with Crippen LogP contribution in [0.5, 0.6) is 0 Å². The summed E-state index contributed by atoms with van der Waals surface area (Å²) in [6.45, 7) is 6.17. The molecule has 0 amide bonds. The predicted octanol–water partition coefficient (Wildman–Crippen LogP) is 4.36. The summed E-state index contributed by atoms with van der Waals surface area (Å²) < 4.78 is 29.6. The van der Waals surface area contributed by atoms with Crippen LogP contribution in [0.4, 0.5) is 0 Å². The number of aliphatic hydroxyl groups is 1. The Labute approximate surface area is 135 Å². The molecule has 0 heterocycles. The lowest BCUT2D eigenvalue weighted by molar-refractivity contribution is 0.150. The Morgan fingerprint density at radius 3 is 2.00 bits per heavy atom. The number of unbranched alkanes of at least 4 members (excludes halogenated alkanes) is 3. The van der Waals surface area contributed by atoms with Crippen LogP contribution in [0, 0.1) is 6.92 Å². The maximum atomic E-state index is 10.5. The molecule has 5 heteroatoms. The first-order valence-corrected chi connectivity index (χ1v) is 9.47. The molecule has 22 heavy (non-hydrogen) atoms. The molecule has 0 radical (unpaired) electrons. The van der Waals surface area contributed by atoms with E-state index >= 15 is 0 Å². The molecule has 0 saturated carbocycles. The average Bonchev–Trinajstić information content (AvgIpc) is 2.44. The third kappa shape index (κ3) is 10.8. The fourth-order valence-corrected chi connectivity index (χ4v) is 2.47. The molecule has 1 atom stereocenters. The molecule has 1 rings (SSSR count). The molecule has 0 aliphatic rings. The van der Waals surface area contributed by atoms with E-state index in [1.165, 1.54) is 37.8 Å². The smallest absolute Gasteiger partial charge is 0.294 e. The van der Waals surface area contributed by atoms with Gasteiger partial charge in [0.25, 0.3) is 10.1 Å². The van der Waals surface area contributed by atoms with Crippen LogP contribution in [0.1, 0.15) is 64.4 Å². The first kappa shape index (κ1) is 21.1. The van der Waals surface area contributed by atoms with Crippen molar-refractivity contribution < 1.29 is 18.1 Å². The zero-order valence-electron chi connectivity index (χ0n) is 14.0. The van der Waals surface area contributed by atoms with Crippen molar-refractivity contribution in [2.75, 3.05) is 0 Å². The third-order valence-corrected chi connectivity index (χ3v) is 4.20. The van der Waals surface area contributed by atoms with E-state index in [1.54, 1.807) is 12.1 Å². The van der Waals surface area contributed by atoms with E-state index in [4.69, 9.17) is 4.55 Å². The number of hydrogen-bond acceptors (Lipinski definition) is 3. The van der Waals surface area contributed by atoms with Crippen LogP contribution in [-0.2, 0) is 10.1 Å². The lowest BCUT2D eigenvalue weighted by Crippen LogP contribution is -2.04. The highest BCUT2D eigenvalue weighted by Crippen LogP contribution is 2.09. The molecule has 4 nitrogen and oxygen atoms in total. The number of rotatable bonds is 8. The van der Waals surface area contributed by atoms with E-state index in [-0.39, 0.29) is 11.0 Å². The van der Waals surface area contributed by atoms with Crippen molar-refractivity contribution in [1.29, 1.82) is 0 Å². The largest absolute Gasteiger partial charge is 0.393 e. The number of benzene rings is 1. The van der Waals surface area contributed by atoms with Gasteiger partial charge in [0.15, 0.2) is 0 Å². The predicted molar refractivity (Wildman–Crippen MR) is 90.7 cm³/mol. The Morgan fingerprint density at radius 2 is 1.55 bits per heavy atom. The Bertz CT molecular complexity index is 480. The van der Waals surface area contributed by atoms with Gasteiger partial charge in [-0.25, -0.2) is 0 Å². The average molecular weight is 330 g/mol. The maximum absolute atomic E-state index is 10.5. The first-order chi connectivity index (χ1) is 10.3. The molecule has 1 aromatic rings. The molecule has 0 aromatic heterocycles. The van der Waals surface area contributed by atoms with E-state index in [2.05, 4.69) is 13.8 Å².